The Morgan fingerprint density at radius 3 is 2.12 bits per heavy atom. The first-order valence-electron chi connectivity index (χ1n) is 10.1. The zero-order valence-corrected chi connectivity index (χ0v) is 19.5. The van der Waals surface area contributed by atoms with Gasteiger partial charge in [0, 0.05) is 27.7 Å². The third-order valence-electron chi connectivity index (χ3n) is 4.96. The highest BCUT2D eigenvalue weighted by Crippen LogP contribution is 2.21. The highest BCUT2D eigenvalue weighted by Gasteiger charge is 2.33. The van der Waals surface area contributed by atoms with Crippen LogP contribution in [-0.2, 0) is 26.3 Å². The van der Waals surface area contributed by atoms with Crippen molar-refractivity contribution in [3.8, 4) is 0 Å². The Kier molecular flexibility index (Phi) is 8.73. The van der Waals surface area contributed by atoms with E-state index in [4.69, 9.17) is 0 Å². The molecule has 0 aliphatic carbocycles. The average Bonchev–Trinajstić information content (AvgIpc) is 2.78. The zero-order valence-electron chi connectivity index (χ0n) is 18.7. The summed E-state index contributed by atoms with van der Waals surface area (Å²) in [5, 5.41) is 2.55. The number of rotatable bonds is 10. The first-order chi connectivity index (χ1) is 15.1. The quantitative estimate of drug-likeness (QED) is 0.582. The molecular weight excluding hydrogens is 435 g/mol. The van der Waals surface area contributed by atoms with Gasteiger partial charge in [-0.1, -0.05) is 37.3 Å². The predicted molar refractivity (Wildman–Crippen MR) is 121 cm³/mol. The summed E-state index contributed by atoms with van der Waals surface area (Å²) in [7, 11) is 0.243. The van der Waals surface area contributed by atoms with E-state index in [-0.39, 0.29) is 12.5 Å². The molecule has 2 aromatic carbocycles. The third-order valence-corrected chi connectivity index (χ3v) is 6.78. The summed E-state index contributed by atoms with van der Waals surface area (Å²) >= 11 is 0. The first-order valence-corrected chi connectivity index (χ1v) is 11.5. The maximum absolute atomic E-state index is 13.4. The molecule has 1 atom stereocenters. The Labute approximate surface area is 188 Å². The summed E-state index contributed by atoms with van der Waals surface area (Å²) in [4.78, 5) is 27.3. The minimum Gasteiger partial charge on any atom is -0.357 e. The van der Waals surface area contributed by atoms with Crippen molar-refractivity contribution in [3.63, 3.8) is 0 Å². The lowest BCUT2D eigenvalue weighted by atomic mass is 10.1. The minimum absolute atomic E-state index is 0.0235. The third kappa shape index (κ3) is 6.04. The Bertz CT molecular complexity index is 1010. The first kappa shape index (κ1) is 25.3. The summed E-state index contributed by atoms with van der Waals surface area (Å²) in [6, 6.07) is 13.0. The molecule has 174 valence electrons. The number of carbonyl (C=O) groups is 2. The number of anilines is 1. The molecule has 2 amide bonds. The number of para-hydroxylation sites is 1. The van der Waals surface area contributed by atoms with Gasteiger partial charge in [-0.15, -0.1) is 0 Å². The molecule has 0 unspecified atom stereocenters. The fourth-order valence-corrected chi connectivity index (χ4v) is 4.24. The number of carbonyl (C=O) groups excluding carboxylic acids is 2. The molecule has 0 aromatic heterocycles. The van der Waals surface area contributed by atoms with E-state index < -0.39 is 34.5 Å². The number of halogens is 1. The summed E-state index contributed by atoms with van der Waals surface area (Å²) in [5.74, 6) is -1.35. The fourth-order valence-electron chi connectivity index (χ4n) is 3.18. The topological polar surface area (TPSA) is 90.0 Å². The van der Waals surface area contributed by atoms with Crippen LogP contribution in [0.4, 0.5) is 10.1 Å². The van der Waals surface area contributed by atoms with Gasteiger partial charge in [-0.05, 0) is 36.2 Å². The zero-order chi connectivity index (χ0) is 23.9. The van der Waals surface area contributed by atoms with Gasteiger partial charge in [0.15, 0.2) is 0 Å². The van der Waals surface area contributed by atoms with Gasteiger partial charge in [-0.2, -0.15) is 12.7 Å². The molecule has 0 saturated heterocycles. The van der Waals surface area contributed by atoms with E-state index >= 15 is 0 Å². The van der Waals surface area contributed by atoms with Gasteiger partial charge in [-0.25, -0.2) is 8.70 Å². The summed E-state index contributed by atoms with van der Waals surface area (Å²) in [6.45, 7) is 1.28. The Hall–Kier alpha value is -2.98. The van der Waals surface area contributed by atoms with Crippen LogP contribution in [0.25, 0.3) is 0 Å². The Balaban J connectivity index is 2.45. The van der Waals surface area contributed by atoms with Gasteiger partial charge in [0.05, 0.1) is 5.69 Å². The number of hydrogen-bond donors (Lipinski definition) is 1. The van der Waals surface area contributed by atoms with Crippen molar-refractivity contribution in [2.75, 3.05) is 32.0 Å². The van der Waals surface area contributed by atoms with Gasteiger partial charge in [0.1, 0.15) is 18.4 Å². The van der Waals surface area contributed by atoms with Gasteiger partial charge in [0.2, 0.25) is 11.8 Å². The van der Waals surface area contributed by atoms with E-state index in [0.29, 0.717) is 17.7 Å². The van der Waals surface area contributed by atoms with E-state index in [2.05, 4.69) is 5.32 Å². The molecule has 0 radical (unpaired) electrons. The average molecular weight is 465 g/mol. The fraction of sp³-hybridized carbons (Fsp3) is 0.364. The van der Waals surface area contributed by atoms with Crippen molar-refractivity contribution < 1.29 is 22.4 Å². The number of likely N-dealkylation sites (N-methyl/N-ethyl adjacent to an activating group) is 1. The molecular formula is C22H29FN4O4S. The van der Waals surface area contributed by atoms with Crippen molar-refractivity contribution in [1.82, 2.24) is 14.5 Å². The van der Waals surface area contributed by atoms with Crippen molar-refractivity contribution in [1.29, 1.82) is 0 Å². The predicted octanol–water partition coefficient (Wildman–Crippen LogP) is 1.99. The number of nitrogens with zero attached hydrogens (tertiary/aromatic N) is 3. The Morgan fingerprint density at radius 2 is 1.62 bits per heavy atom. The molecule has 0 spiro atoms. The number of hydrogen-bond acceptors (Lipinski definition) is 4. The van der Waals surface area contributed by atoms with Crippen molar-refractivity contribution in [3.05, 3.63) is 66.0 Å². The smallest absolute Gasteiger partial charge is 0.304 e. The molecule has 8 nitrogen and oxygen atoms in total. The largest absolute Gasteiger partial charge is 0.357 e. The summed E-state index contributed by atoms with van der Waals surface area (Å²) < 4.78 is 41.3. The summed E-state index contributed by atoms with van der Waals surface area (Å²) in [5.41, 5.74) is 0.938. The standard InChI is InChI=1S/C22H29FN4O4S/c1-5-20(22(29)24-2)26(15-17-11-13-18(23)14-12-17)21(28)16-27(32(30,31)25(3)4)19-9-7-6-8-10-19/h6-14,20H,5,15-16H2,1-4H3,(H,24,29)/t20-/m1/s1. The van der Waals surface area contributed by atoms with E-state index in [1.54, 1.807) is 37.3 Å². The van der Waals surface area contributed by atoms with Gasteiger partial charge in [-0.3, -0.25) is 9.59 Å². The van der Waals surface area contributed by atoms with Crippen LogP contribution in [0.1, 0.15) is 18.9 Å². The molecule has 1 N–H and O–H groups in total. The second-order valence-corrected chi connectivity index (χ2v) is 9.39. The number of benzene rings is 2. The minimum atomic E-state index is -3.99. The molecule has 0 saturated carbocycles. The molecule has 0 aliphatic rings. The van der Waals surface area contributed by atoms with Gasteiger partial charge < -0.3 is 10.2 Å². The number of nitrogens with one attached hydrogen (secondary N) is 1. The lowest BCUT2D eigenvalue weighted by molar-refractivity contribution is -0.140. The molecule has 2 rings (SSSR count). The molecule has 0 fully saturated rings. The molecule has 2 aromatic rings. The van der Waals surface area contributed by atoms with Crippen molar-refractivity contribution >= 4 is 27.7 Å². The van der Waals surface area contributed by atoms with Crippen LogP contribution >= 0.6 is 0 Å². The van der Waals surface area contributed by atoms with Gasteiger partial charge >= 0.3 is 10.2 Å². The van der Waals surface area contributed by atoms with Gasteiger partial charge in [0.25, 0.3) is 0 Å². The van der Waals surface area contributed by atoms with Crippen molar-refractivity contribution in [2.24, 2.45) is 0 Å². The molecule has 0 aliphatic heterocycles. The molecule has 32 heavy (non-hydrogen) atoms. The molecule has 0 heterocycles. The highest BCUT2D eigenvalue weighted by atomic mass is 32.2. The van der Waals surface area contributed by atoms with Crippen molar-refractivity contribution in [2.45, 2.75) is 25.9 Å². The summed E-state index contributed by atoms with van der Waals surface area (Å²) in [6.07, 6.45) is 0.318. The van der Waals surface area contributed by atoms with E-state index in [9.17, 15) is 22.4 Å². The van der Waals surface area contributed by atoms with E-state index in [0.717, 1.165) is 8.61 Å². The van der Waals surface area contributed by atoms with Crippen LogP contribution in [0, 0.1) is 5.82 Å². The second-order valence-electron chi connectivity index (χ2n) is 7.32. The van der Waals surface area contributed by atoms with Crippen LogP contribution in [0.15, 0.2) is 54.6 Å². The lowest BCUT2D eigenvalue weighted by Gasteiger charge is -2.33. The van der Waals surface area contributed by atoms with E-state index in [1.807, 2.05) is 0 Å². The molecule has 0 bridgehead atoms. The highest BCUT2D eigenvalue weighted by molar-refractivity contribution is 7.90. The molecule has 10 heteroatoms. The van der Waals surface area contributed by atoms with Crippen LogP contribution in [0.5, 0.6) is 0 Å². The maximum atomic E-state index is 13.4. The van der Waals surface area contributed by atoms with E-state index in [1.165, 1.54) is 50.3 Å². The van der Waals surface area contributed by atoms with Crippen LogP contribution < -0.4 is 9.62 Å². The SMILES string of the molecule is CC[C@H](C(=O)NC)N(Cc1ccc(F)cc1)C(=O)CN(c1ccccc1)S(=O)(=O)N(C)C. The van der Waals surface area contributed by atoms with Crippen LogP contribution in [0.2, 0.25) is 0 Å². The lowest BCUT2D eigenvalue weighted by Crippen LogP contribution is -2.52. The second kappa shape index (κ2) is 11.1. The maximum Gasteiger partial charge on any atom is 0.304 e. The normalized spacial score (nSPS) is 12.3. The van der Waals surface area contributed by atoms with Crippen LogP contribution in [-0.4, -0.2) is 63.2 Å². The number of amides is 2. The monoisotopic (exact) mass is 464 g/mol. The Morgan fingerprint density at radius 1 is 1.03 bits per heavy atom. The van der Waals surface area contributed by atoms with Crippen LogP contribution in [0.3, 0.4) is 0 Å².